The molecule has 0 aliphatic heterocycles. The molecule has 0 saturated heterocycles. The van der Waals surface area contributed by atoms with E-state index < -0.39 is 0 Å². The molecule has 2 aliphatic carbocycles. The van der Waals surface area contributed by atoms with Crippen molar-refractivity contribution in [1.82, 2.24) is 5.32 Å². The van der Waals surface area contributed by atoms with Crippen molar-refractivity contribution < 1.29 is 9.47 Å². The summed E-state index contributed by atoms with van der Waals surface area (Å²) in [6.45, 7) is 0.926. The Kier molecular flexibility index (Phi) is 4.46. The smallest absolute Gasteiger partial charge is 0.161 e. The van der Waals surface area contributed by atoms with E-state index in [1.807, 2.05) is 6.07 Å². The first kappa shape index (κ1) is 13.7. The van der Waals surface area contributed by atoms with E-state index in [0.717, 1.165) is 24.1 Å². The normalized spacial score (nSPS) is 19.9. The molecule has 0 amide bonds. The standard InChI is InChI=1S/C17H25NO2/c1-19-16-10-7-13(12-18-14-8-9-14)11-17(16)20-15-5-3-2-4-6-15/h7,10-11,14-15,18H,2-6,8-9,12H2,1H3. The molecule has 3 heteroatoms. The van der Waals surface area contributed by atoms with Crippen LogP contribution in [0, 0.1) is 0 Å². The average molecular weight is 275 g/mol. The zero-order chi connectivity index (χ0) is 13.8. The highest BCUT2D eigenvalue weighted by Gasteiger charge is 2.21. The van der Waals surface area contributed by atoms with Gasteiger partial charge >= 0.3 is 0 Å². The monoisotopic (exact) mass is 275 g/mol. The van der Waals surface area contributed by atoms with Gasteiger partial charge in [-0.2, -0.15) is 0 Å². The zero-order valence-electron chi connectivity index (χ0n) is 12.4. The lowest BCUT2D eigenvalue weighted by Crippen LogP contribution is -2.20. The maximum atomic E-state index is 6.19. The second-order valence-corrected chi connectivity index (χ2v) is 6.02. The van der Waals surface area contributed by atoms with Gasteiger partial charge in [-0.15, -0.1) is 0 Å². The Hall–Kier alpha value is -1.22. The Bertz CT molecular complexity index is 437. The van der Waals surface area contributed by atoms with Crippen molar-refractivity contribution in [1.29, 1.82) is 0 Å². The van der Waals surface area contributed by atoms with Crippen LogP contribution in [-0.4, -0.2) is 19.3 Å². The molecule has 1 aromatic rings. The van der Waals surface area contributed by atoms with Gasteiger partial charge in [-0.05, 0) is 56.2 Å². The molecule has 2 aliphatic rings. The predicted molar refractivity (Wildman–Crippen MR) is 80.4 cm³/mol. The van der Waals surface area contributed by atoms with Gasteiger partial charge in [-0.3, -0.25) is 0 Å². The highest BCUT2D eigenvalue weighted by Crippen LogP contribution is 2.32. The Morgan fingerprint density at radius 2 is 1.85 bits per heavy atom. The Morgan fingerprint density at radius 1 is 1.05 bits per heavy atom. The summed E-state index contributed by atoms with van der Waals surface area (Å²) in [7, 11) is 1.71. The molecule has 0 heterocycles. The van der Waals surface area contributed by atoms with Crippen LogP contribution in [0.3, 0.4) is 0 Å². The third kappa shape index (κ3) is 3.66. The van der Waals surface area contributed by atoms with Crippen LogP contribution in [-0.2, 0) is 6.54 Å². The largest absolute Gasteiger partial charge is 0.493 e. The first-order valence-corrected chi connectivity index (χ1v) is 7.92. The van der Waals surface area contributed by atoms with Crippen molar-refractivity contribution in [2.45, 2.75) is 63.6 Å². The molecule has 3 nitrogen and oxygen atoms in total. The number of methoxy groups -OCH3 is 1. The molecule has 3 rings (SSSR count). The van der Waals surface area contributed by atoms with Gasteiger partial charge in [0.15, 0.2) is 11.5 Å². The average Bonchev–Trinajstić information content (AvgIpc) is 3.31. The maximum absolute atomic E-state index is 6.19. The summed E-state index contributed by atoms with van der Waals surface area (Å²) in [6.07, 6.45) is 9.28. The SMILES string of the molecule is COc1ccc(CNC2CC2)cc1OC1CCCCC1. The minimum Gasteiger partial charge on any atom is -0.493 e. The van der Waals surface area contributed by atoms with Crippen molar-refractivity contribution >= 4 is 0 Å². The topological polar surface area (TPSA) is 30.5 Å². The third-order valence-corrected chi connectivity index (χ3v) is 4.25. The molecule has 20 heavy (non-hydrogen) atoms. The Balaban J connectivity index is 1.66. The third-order valence-electron chi connectivity index (χ3n) is 4.25. The van der Waals surface area contributed by atoms with E-state index in [9.17, 15) is 0 Å². The van der Waals surface area contributed by atoms with Gasteiger partial charge in [0, 0.05) is 12.6 Å². The summed E-state index contributed by atoms with van der Waals surface area (Å²) < 4.78 is 11.6. The lowest BCUT2D eigenvalue weighted by atomic mass is 9.98. The van der Waals surface area contributed by atoms with E-state index in [1.165, 1.54) is 50.5 Å². The van der Waals surface area contributed by atoms with E-state index in [-0.39, 0.29) is 0 Å². The van der Waals surface area contributed by atoms with Gasteiger partial charge in [0.05, 0.1) is 13.2 Å². The minimum absolute atomic E-state index is 0.365. The van der Waals surface area contributed by atoms with Gasteiger partial charge < -0.3 is 14.8 Å². The molecule has 0 radical (unpaired) electrons. The molecular formula is C17H25NO2. The molecular weight excluding hydrogens is 250 g/mol. The number of benzene rings is 1. The number of rotatable bonds is 6. The van der Waals surface area contributed by atoms with E-state index in [1.54, 1.807) is 7.11 Å². The molecule has 2 saturated carbocycles. The fourth-order valence-electron chi connectivity index (χ4n) is 2.84. The van der Waals surface area contributed by atoms with E-state index >= 15 is 0 Å². The van der Waals surface area contributed by atoms with Crippen LogP contribution < -0.4 is 14.8 Å². The number of hydrogen-bond acceptors (Lipinski definition) is 3. The van der Waals surface area contributed by atoms with Crippen LogP contribution in [0.5, 0.6) is 11.5 Å². The summed E-state index contributed by atoms with van der Waals surface area (Å²) in [5.41, 5.74) is 1.28. The van der Waals surface area contributed by atoms with Crippen LogP contribution >= 0.6 is 0 Å². The molecule has 0 aromatic heterocycles. The van der Waals surface area contributed by atoms with Crippen LogP contribution in [0.2, 0.25) is 0 Å². The minimum atomic E-state index is 0.365. The first-order valence-electron chi connectivity index (χ1n) is 7.92. The number of hydrogen-bond donors (Lipinski definition) is 1. The molecule has 2 fully saturated rings. The summed E-state index contributed by atoms with van der Waals surface area (Å²) in [4.78, 5) is 0. The van der Waals surface area contributed by atoms with Crippen LogP contribution in [0.25, 0.3) is 0 Å². The molecule has 0 unspecified atom stereocenters. The van der Waals surface area contributed by atoms with Gasteiger partial charge in [0.25, 0.3) is 0 Å². The quantitative estimate of drug-likeness (QED) is 0.859. The van der Waals surface area contributed by atoms with Gasteiger partial charge in [0.2, 0.25) is 0 Å². The van der Waals surface area contributed by atoms with Crippen molar-refractivity contribution in [3.63, 3.8) is 0 Å². The van der Waals surface area contributed by atoms with Gasteiger partial charge in [-0.1, -0.05) is 12.5 Å². The highest BCUT2D eigenvalue weighted by molar-refractivity contribution is 5.43. The van der Waals surface area contributed by atoms with E-state index in [4.69, 9.17) is 9.47 Å². The molecule has 110 valence electrons. The van der Waals surface area contributed by atoms with Crippen LogP contribution in [0.4, 0.5) is 0 Å². The van der Waals surface area contributed by atoms with E-state index in [0.29, 0.717) is 6.10 Å². The Morgan fingerprint density at radius 3 is 2.55 bits per heavy atom. The van der Waals surface area contributed by atoms with Gasteiger partial charge in [0.1, 0.15) is 0 Å². The number of ether oxygens (including phenoxy) is 2. The van der Waals surface area contributed by atoms with Crippen LogP contribution in [0.1, 0.15) is 50.5 Å². The van der Waals surface area contributed by atoms with Gasteiger partial charge in [-0.25, -0.2) is 0 Å². The maximum Gasteiger partial charge on any atom is 0.161 e. The fraction of sp³-hybridized carbons (Fsp3) is 0.647. The van der Waals surface area contributed by atoms with Crippen LogP contribution in [0.15, 0.2) is 18.2 Å². The predicted octanol–water partition coefficient (Wildman–Crippen LogP) is 3.66. The zero-order valence-corrected chi connectivity index (χ0v) is 12.4. The molecule has 0 spiro atoms. The molecule has 1 N–H and O–H groups in total. The molecule has 0 bridgehead atoms. The van der Waals surface area contributed by atoms with Crippen molar-refractivity contribution in [2.75, 3.05) is 7.11 Å². The van der Waals surface area contributed by atoms with E-state index in [2.05, 4.69) is 17.4 Å². The highest BCUT2D eigenvalue weighted by atomic mass is 16.5. The fourth-order valence-corrected chi connectivity index (χ4v) is 2.84. The second-order valence-electron chi connectivity index (χ2n) is 6.02. The van der Waals surface area contributed by atoms with Crippen molar-refractivity contribution in [3.8, 4) is 11.5 Å². The molecule has 0 atom stereocenters. The lowest BCUT2D eigenvalue weighted by Gasteiger charge is -2.24. The number of nitrogens with one attached hydrogen (secondary N) is 1. The first-order chi connectivity index (χ1) is 9.85. The molecule has 1 aromatic carbocycles. The van der Waals surface area contributed by atoms with Crippen molar-refractivity contribution in [3.05, 3.63) is 23.8 Å². The lowest BCUT2D eigenvalue weighted by molar-refractivity contribution is 0.149. The van der Waals surface area contributed by atoms with Crippen molar-refractivity contribution in [2.24, 2.45) is 0 Å². The summed E-state index contributed by atoms with van der Waals surface area (Å²) in [5, 5.41) is 3.54. The summed E-state index contributed by atoms with van der Waals surface area (Å²) in [6, 6.07) is 7.03. The summed E-state index contributed by atoms with van der Waals surface area (Å²) in [5.74, 6) is 1.76. The summed E-state index contributed by atoms with van der Waals surface area (Å²) >= 11 is 0. The second kappa shape index (κ2) is 6.49. The Labute approximate surface area is 121 Å².